The quantitative estimate of drug-likeness (QED) is 0.641. The van der Waals surface area contributed by atoms with Crippen LogP contribution in [-0.4, -0.2) is 63.4 Å². The zero-order chi connectivity index (χ0) is 14.3. The molecule has 0 unspecified atom stereocenters. The van der Waals surface area contributed by atoms with Crippen molar-refractivity contribution in [3.8, 4) is 0 Å². The Hall–Kier alpha value is -1.73. The van der Waals surface area contributed by atoms with Crippen molar-refractivity contribution >= 4 is 17.4 Å². The monoisotopic (exact) mass is 280 g/mol. The van der Waals surface area contributed by atoms with Gasteiger partial charge in [0, 0.05) is 19.5 Å². The van der Waals surface area contributed by atoms with Gasteiger partial charge in [0.2, 0.25) is 0 Å². The van der Waals surface area contributed by atoms with E-state index >= 15 is 0 Å². The van der Waals surface area contributed by atoms with Crippen molar-refractivity contribution < 1.29 is 24.6 Å². The van der Waals surface area contributed by atoms with E-state index in [1.165, 1.54) is 6.08 Å². The molecule has 0 aromatic rings. The zero-order valence-corrected chi connectivity index (χ0v) is 10.9. The second kappa shape index (κ2) is 4.68. The molecule has 1 aliphatic carbocycles. The van der Waals surface area contributed by atoms with Gasteiger partial charge in [0.05, 0.1) is 0 Å². The fraction of sp³-hybridized carbons (Fsp3) is 0.615. The highest BCUT2D eigenvalue weighted by atomic mass is 16.7. The van der Waals surface area contributed by atoms with Gasteiger partial charge in [-0.2, -0.15) is 0 Å². The van der Waals surface area contributed by atoms with Crippen molar-refractivity contribution in [2.45, 2.75) is 37.1 Å². The molecule has 2 heterocycles. The third kappa shape index (κ3) is 1.94. The van der Waals surface area contributed by atoms with Gasteiger partial charge in [0.1, 0.15) is 17.9 Å². The van der Waals surface area contributed by atoms with Crippen molar-refractivity contribution in [2.75, 3.05) is 13.1 Å². The Bertz CT molecular complexity index is 509. The number of hydrogen-bond acceptors (Lipinski definition) is 6. The van der Waals surface area contributed by atoms with E-state index in [0.717, 1.165) is 18.9 Å². The van der Waals surface area contributed by atoms with E-state index in [-0.39, 0.29) is 18.0 Å². The number of likely N-dealkylation sites (tertiary alicyclic amines) is 1. The molecule has 7 nitrogen and oxygen atoms in total. The predicted molar refractivity (Wildman–Crippen MR) is 67.8 cm³/mol. The third-order valence-electron chi connectivity index (χ3n) is 4.03. The summed E-state index contributed by atoms with van der Waals surface area (Å²) in [6.45, 7) is 1.40. The first-order valence-corrected chi connectivity index (χ1v) is 6.67. The second-order valence-electron chi connectivity index (χ2n) is 5.39. The molecule has 2 aliphatic heterocycles. The molecule has 0 aromatic heterocycles. The van der Waals surface area contributed by atoms with Gasteiger partial charge in [-0.15, -0.1) is 0 Å². The molecule has 2 N–H and O–H groups in total. The lowest BCUT2D eigenvalue weighted by atomic mass is 9.82. The van der Waals surface area contributed by atoms with Gasteiger partial charge < -0.3 is 20.0 Å². The lowest BCUT2D eigenvalue weighted by Crippen LogP contribution is -2.53. The van der Waals surface area contributed by atoms with E-state index in [1.54, 1.807) is 4.90 Å². The number of ketones is 1. The lowest BCUT2D eigenvalue weighted by molar-refractivity contribution is -0.149. The van der Waals surface area contributed by atoms with Crippen LogP contribution in [0.2, 0.25) is 0 Å². The molecule has 0 radical (unpaired) electrons. The minimum absolute atomic E-state index is 0.0599. The van der Waals surface area contributed by atoms with Crippen LogP contribution in [0.5, 0.6) is 0 Å². The average Bonchev–Trinajstić information content (AvgIpc) is 3.11. The summed E-state index contributed by atoms with van der Waals surface area (Å²) in [4.78, 5) is 30.4. The Labute approximate surface area is 115 Å². The molecule has 20 heavy (non-hydrogen) atoms. The number of oxime groups is 1. The summed E-state index contributed by atoms with van der Waals surface area (Å²) in [6, 6.07) is 0. The van der Waals surface area contributed by atoms with Crippen molar-refractivity contribution in [3.63, 3.8) is 0 Å². The topological polar surface area (TPSA) is 99.4 Å². The van der Waals surface area contributed by atoms with Crippen molar-refractivity contribution in [1.82, 2.24) is 4.90 Å². The molecule has 1 amide bonds. The maximum atomic E-state index is 12.2. The van der Waals surface area contributed by atoms with Crippen LogP contribution in [0.3, 0.4) is 0 Å². The standard InChI is InChI=1S/C13H16N2O5/c16-9-3-4-13(11(18)10(9)17)7-8(14-20-13)12(19)15-5-1-2-6-15/h3-4,10-11,17-18H,1-2,5-7H2/t10-,11+,13-/m0/s1. The number of carbonyl (C=O) groups excluding carboxylic acids is 2. The Morgan fingerprint density at radius 3 is 2.80 bits per heavy atom. The SMILES string of the molecule is O=C1C=C[C@]2(CC(C(=O)N3CCCC3)=NO2)[C@H](O)[C@H]1O. The molecule has 1 spiro atoms. The molecule has 7 heteroatoms. The van der Waals surface area contributed by atoms with E-state index in [4.69, 9.17) is 4.84 Å². The molecule has 3 atom stereocenters. The van der Waals surface area contributed by atoms with Crippen molar-refractivity contribution in [1.29, 1.82) is 0 Å². The van der Waals surface area contributed by atoms with Crippen LogP contribution in [-0.2, 0) is 14.4 Å². The summed E-state index contributed by atoms with van der Waals surface area (Å²) >= 11 is 0. The Balaban J connectivity index is 1.76. The number of hydrogen-bond donors (Lipinski definition) is 2. The fourth-order valence-corrected chi connectivity index (χ4v) is 2.77. The van der Waals surface area contributed by atoms with Crippen molar-refractivity contribution in [3.05, 3.63) is 12.2 Å². The van der Waals surface area contributed by atoms with Crippen LogP contribution < -0.4 is 0 Å². The van der Waals surface area contributed by atoms with Gasteiger partial charge >= 0.3 is 0 Å². The summed E-state index contributed by atoms with van der Waals surface area (Å²) in [7, 11) is 0. The summed E-state index contributed by atoms with van der Waals surface area (Å²) in [5.41, 5.74) is -1.09. The molecule has 1 saturated heterocycles. The van der Waals surface area contributed by atoms with E-state index in [1.807, 2.05) is 0 Å². The summed E-state index contributed by atoms with van der Waals surface area (Å²) in [6.07, 6.45) is 1.58. The van der Waals surface area contributed by atoms with E-state index in [2.05, 4.69) is 5.16 Å². The highest BCUT2D eigenvalue weighted by Gasteiger charge is 2.52. The molecule has 1 fully saturated rings. The predicted octanol–water partition coefficient (Wildman–Crippen LogP) is -1.02. The second-order valence-corrected chi connectivity index (χ2v) is 5.39. The molecule has 3 aliphatic rings. The number of rotatable bonds is 1. The van der Waals surface area contributed by atoms with Crippen LogP contribution in [0.15, 0.2) is 17.3 Å². The van der Waals surface area contributed by atoms with Crippen LogP contribution in [0.25, 0.3) is 0 Å². The maximum Gasteiger partial charge on any atom is 0.271 e. The maximum absolute atomic E-state index is 12.2. The first kappa shape index (κ1) is 13.3. The number of amides is 1. The third-order valence-corrected chi connectivity index (χ3v) is 4.03. The number of nitrogens with zero attached hydrogens (tertiary/aromatic N) is 2. The van der Waals surface area contributed by atoms with Gasteiger partial charge in [0.25, 0.3) is 5.91 Å². The fourth-order valence-electron chi connectivity index (χ4n) is 2.77. The molecule has 3 rings (SSSR count). The summed E-state index contributed by atoms with van der Waals surface area (Å²) < 4.78 is 0. The molecular formula is C13H16N2O5. The van der Waals surface area contributed by atoms with Crippen LogP contribution >= 0.6 is 0 Å². The Kier molecular flexibility index (Phi) is 3.10. The summed E-state index contributed by atoms with van der Waals surface area (Å²) in [5.74, 6) is -0.780. The minimum atomic E-state index is -1.54. The van der Waals surface area contributed by atoms with Gasteiger partial charge in [-0.05, 0) is 25.0 Å². The van der Waals surface area contributed by atoms with E-state index in [9.17, 15) is 19.8 Å². The van der Waals surface area contributed by atoms with Crippen LogP contribution in [0, 0.1) is 0 Å². The number of aliphatic hydroxyl groups excluding tert-OH is 2. The Morgan fingerprint density at radius 1 is 1.40 bits per heavy atom. The zero-order valence-electron chi connectivity index (χ0n) is 10.9. The summed E-state index contributed by atoms with van der Waals surface area (Å²) in [5, 5.41) is 23.4. The molecule has 0 bridgehead atoms. The van der Waals surface area contributed by atoms with Crippen LogP contribution in [0.1, 0.15) is 19.3 Å². The molecule has 108 valence electrons. The lowest BCUT2D eigenvalue weighted by Gasteiger charge is -2.33. The smallest absolute Gasteiger partial charge is 0.271 e. The Morgan fingerprint density at radius 2 is 2.10 bits per heavy atom. The highest BCUT2D eigenvalue weighted by molar-refractivity contribution is 6.39. The molecule has 0 aromatic carbocycles. The first-order chi connectivity index (χ1) is 9.53. The molecular weight excluding hydrogens is 264 g/mol. The van der Waals surface area contributed by atoms with E-state index in [0.29, 0.717) is 13.1 Å². The van der Waals surface area contributed by atoms with Crippen LogP contribution in [0.4, 0.5) is 0 Å². The van der Waals surface area contributed by atoms with Gasteiger partial charge in [0.15, 0.2) is 11.4 Å². The van der Waals surface area contributed by atoms with Gasteiger partial charge in [-0.3, -0.25) is 9.59 Å². The van der Waals surface area contributed by atoms with Crippen molar-refractivity contribution in [2.24, 2.45) is 5.16 Å². The normalized spacial score (nSPS) is 36.4. The van der Waals surface area contributed by atoms with E-state index < -0.39 is 23.6 Å². The molecule has 0 saturated carbocycles. The average molecular weight is 280 g/mol. The highest BCUT2D eigenvalue weighted by Crippen LogP contribution is 2.34. The largest absolute Gasteiger partial charge is 0.385 e. The van der Waals surface area contributed by atoms with Gasteiger partial charge in [-0.25, -0.2) is 0 Å². The minimum Gasteiger partial charge on any atom is -0.385 e. The first-order valence-electron chi connectivity index (χ1n) is 6.67. The van der Waals surface area contributed by atoms with Gasteiger partial charge in [-0.1, -0.05) is 5.16 Å². The number of aliphatic hydroxyl groups is 2. The number of carbonyl (C=O) groups is 2.